The zero-order valence-electron chi connectivity index (χ0n) is 18.5. The molecule has 1 aliphatic heterocycles. The summed E-state index contributed by atoms with van der Waals surface area (Å²) in [6, 6.07) is 1.70. The molecule has 9 heteroatoms. The monoisotopic (exact) mass is 426 g/mol. The van der Waals surface area contributed by atoms with Gasteiger partial charge in [-0.15, -0.1) is 0 Å². The minimum absolute atomic E-state index is 0.0542. The first-order valence-electron chi connectivity index (χ1n) is 10.7. The fourth-order valence-corrected chi connectivity index (χ4v) is 4.79. The van der Waals surface area contributed by atoms with Crippen LogP contribution in [0.4, 0.5) is 10.6 Å². The van der Waals surface area contributed by atoms with Crippen LogP contribution in [0.1, 0.15) is 62.4 Å². The Balaban J connectivity index is 1.70. The molecule has 3 N–H and O–H groups in total. The molecular weight excluding hydrogens is 396 g/mol. The van der Waals surface area contributed by atoms with Gasteiger partial charge in [0.1, 0.15) is 5.82 Å². The van der Waals surface area contributed by atoms with E-state index in [0.29, 0.717) is 23.6 Å². The Labute approximate surface area is 181 Å². The van der Waals surface area contributed by atoms with Crippen LogP contribution in [0, 0.1) is 0 Å². The van der Waals surface area contributed by atoms with E-state index in [9.17, 15) is 14.7 Å². The average molecular weight is 427 g/mol. The molecular formula is C22H30N6O3. The van der Waals surface area contributed by atoms with Gasteiger partial charge < -0.3 is 15.7 Å². The zero-order valence-corrected chi connectivity index (χ0v) is 18.5. The van der Waals surface area contributed by atoms with Gasteiger partial charge in [-0.1, -0.05) is 12.8 Å². The van der Waals surface area contributed by atoms with Crippen molar-refractivity contribution in [3.8, 4) is 11.3 Å². The van der Waals surface area contributed by atoms with Gasteiger partial charge in [-0.25, -0.2) is 9.78 Å². The Morgan fingerprint density at radius 2 is 2.06 bits per heavy atom. The van der Waals surface area contributed by atoms with E-state index in [1.165, 1.54) is 0 Å². The number of rotatable bonds is 4. The molecule has 0 spiro atoms. The summed E-state index contributed by atoms with van der Waals surface area (Å²) < 4.78 is 1.68. The van der Waals surface area contributed by atoms with E-state index in [0.717, 1.165) is 36.8 Å². The number of aromatic nitrogens is 3. The summed E-state index contributed by atoms with van der Waals surface area (Å²) in [5, 5.41) is 20.5. The molecule has 166 valence electrons. The van der Waals surface area contributed by atoms with E-state index in [4.69, 9.17) is 4.98 Å². The summed E-state index contributed by atoms with van der Waals surface area (Å²) >= 11 is 0. The molecule has 4 rings (SSSR count). The highest BCUT2D eigenvalue weighted by Gasteiger charge is 2.39. The minimum Gasteiger partial charge on any atom is -0.465 e. The van der Waals surface area contributed by atoms with Crippen molar-refractivity contribution in [2.24, 2.45) is 7.05 Å². The van der Waals surface area contributed by atoms with E-state index in [1.807, 2.05) is 40.1 Å². The smallest absolute Gasteiger partial charge is 0.408 e. The first-order chi connectivity index (χ1) is 14.6. The predicted molar refractivity (Wildman–Crippen MR) is 117 cm³/mol. The van der Waals surface area contributed by atoms with Crippen LogP contribution in [-0.2, 0) is 13.6 Å². The normalized spacial score (nSPS) is 20.8. The van der Waals surface area contributed by atoms with Gasteiger partial charge in [0.25, 0.3) is 5.91 Å². The standard InChI is InChI=1S/C22H30N6O3/c1-22(2,3)28(21(30)31)16-8-6-5-7-15(16)25-17-9-13-10-23-20(29)18(13)19(26-17)14-11-24-27(4)12-14/h9,11-12,15-16H,5-8,10H2,1-4H3,(H,23,29)(H,25,26)(H,30,31)/t15-,16+/m1/s1. The van der Waals surface area contributed by atoms with Gasteiger partial charge in [-0.05, 0) is 45.2 Å². The lowest BCUT2D eigenvalue weighted by molar-refractivity contribution is 0.0520. The molecule has 0 radical (unpaired) electrons. The molecule has 1 fully saturated rings. The number of amides is 2. The van der Waals surface area contributed by atoms with E-state index in [2.05, 4.69) is 15.7 Å². The third kappa shape index (κ3) is 4.08. The lowest BCUT2D eigenvalue weighted by atomic mass is 9.86. The Morgan fingerprint density at radius 3 is 2.71 bits per heavy atom. The number of pyridine rings is 1. The van der Waals surface area contributed by atoms with Gasteiger partial charge >= 0.3 is 6.09 Å². The molecule has 2 aromatic rings. The summed E-state index contributed by atoms with van der Waals surface area (Å²) in [5.74, 6) is 0.526. The van der Waals surface area contributed by atoms with Crippen LogP contribution in [0.15, 0.2) is 18.5 Å². The molecule has 31 heavy (non-hydrogen) atoms. The van der Waals surface area contributed by atoms with Crippen LogP contribution in [-0.4, -0.2) is 54.4 Å². The van der Waals surface area contributed by atoms with Crippen molar-refractivity contribution in [2.75, 3.05) is 5.32 Å². The number of fused-ring (bicyclic) bond motifs is 1. The number of aryl methyl sites for hydroxylation is 1. The number of nitrogens with one attached hydrogen (secondary N) is 2. The number of carbonyl (C=O) groups excluding carboxylic acids is 1. The van der Waals surface area contributed by atoms with Crippen LogP contribution in [0.25, 0.3) is 11.3 Å². The number of carboxylic acid groups (broad SMARTS) is 1. The summed E-state index contributed by atoms with van der Waals surface area (Å²) in [7, 11) is 1.82. The lowest BCUT2D eigenvalue weighted by Gasteiger charge is -2.45. The van der Waals surface area contributed by atoms with Gasteiger partial charge in [-0.2, -0.15) is 5.10 Å². The summed E-state index contributed by atoms with van der Waals surface area (Å²) in [6.45, 7) is 6.24. The van der Waals surface area contributed by atoms with Crippen LogP contribution >= 0.6 is 0 Å². The molecule has 2 amide bonds. The Hall–Kier alpha value is -3.10. The molecule has 3 heterocycles. The molecule has 1 saturated carbocycles. The molecule has 9 nitrogen and oxygen atoms in total. The van der Waals surface area contributed by atoms with Gasteiger partial charge in [0.05, 0.1) is 23.5 Å². The van der Waals surface area contributed by atoms with Crippen molar-refractivity contribution in [1.29, 1.82) is 0 Å². The van der Waals surface area contributed by atoms with Crippen LogP contribution in [0.2, 0.25) is 0 Å². The number of nitrogens with zero attached hydrogens (tertiary/aromatic N) is 4. The minimum atomic E-state index is -0.904. The van der Waals surface area contributed by atoms with Crippen LogP contribution < -0.4 is 10.6 Å². The molecule has 2 aliphatic rings. The first-order valence-corrected chi connectivity index (χ1v) is 10.7. The fraction of sp³-hybridized carbons (Fsp3) is 0.545. The maximum Gasteiger partial charge on any atom is 0.408 e. The largest absolute Gasteiger partial charge is 0.465 e. The van der Waals surface area contributed by atoms with Crippen molar-refractivity contribution < 1.29 is 14.7 Å². The maximum absolute atomic E-state index is 12.4. The average Bonchev–Trinajstić information content (AvgIpc) is 3.27. The quantitative estimate of drug-likeness (QED) is 0.692. The topological polar surface area (TPSA) is 112 Å². The lowest BCUT2D eigenvalue weighted by Crippen LogP contribution is -2.58. The second kappa shape index (κ2) is 7.86. The number of carbonyl (C=O) groups is 2. The molecule has 2 atom stereocenters. The maximum atomic E-state index is 12.4. The van der Waals surface area contributed by atoms with Gasteiger partial charge in [0.2, 0.25) is 0 Å². The van der Waals surface area contributed by atoms with Gasteiger partial charge in [-0.3, -0.25) is 14.4 Å². The Kier molecular flexibility index (Phi) is 5.36. The summed E-state index contributed by atoms with van der Waals surface area (Å²) in [6.07, 6.45) is 6.34. The highest BCUT2D eigenvalue weighted by Crippen LogP contribution is 2.33. The fourth-order valence-electron chi connectivity index (χ4n) is 4.79. The van der Waals surface area contributed by atoms with Crippen molar-refractivity contribution in [3.63, 3.8) is 0 Å². The predicted octanol–water partition coefficient (Wildman–Crippen LogP) is 3.23. The van der Waals surface area contributed by atoms with E-state index >= 15 is 0 Å². The summed E-state index contributed by atoms with van der Waals surface area (Å²) in [4.78, 5) is 30.9. The van der Waals surface area contributed by atoms with Crippen molar-refractivity contribution in [2.45, 2.75) is 70.6 Å². The van der Waals surface area contributed by atoms with Crippen molar-refractivity contribution in [3.05, 3.63) is 29.6 Å². The molecule has 2 aromatic heterocycles. The molecule has 1 aliphatic carbocycles. The summed E-state index contributed by atoms with van der Waals surface area (Å²) in [5.41, 5.74) is 2.35. The molecule has 0 bridgehead atoms. The van der Waals surface area contributed by atoms with E-state index in [1.54, 1.807) is 15.8 Å². The Bertz CT molecular complexity index is 1010. The van der Waals surface area contributed by atoms with Crippen LogP contribution in [0.5, 0.6) is 0 Å². The van der Waals surface area contributed by atoms with Crippen molar-refractivity contribution >= 4 is 17.8 Å². The van der Waals surface area contributed by atoms with E-state index < -0.39 is 11.6 Å². The second-order valence-corrected chi connectivity index (χ2v) is 9.40. The Morgan fingerprint density at radius 1 is 1.32 bits per heavy atom. The highest BCUT2D eigenvalue weighted by atomic mass is 16.4. The third-order valence-electron chi connectivity index (χ3n) is 6.07. The molecule has 0 aromatic carbocycles. The highest BCUT2D eigenvalue weighted by molar-refractivity contribution is 6.04. The first kappa shape index (κ1) is 21.1. The van der Waals surface area contributed by atoms with Crippen molar-refractivity contribution in [1.82, 2.24) is 25.0 Å². The van der Waals surface area contributed by atoms with E-state index in [-0.39, 0.29) is 18.0 Å². The number of hydrogen-bond donors (Lipinski definition) is 3. The molecule has 0 unspecified atom stereocenters. The van der Waals surface area contributed by atoms with Gasteiger partial charge in [0, 0.05) is 36.9 Å². The molecule has 0 saturated heterocycles. The SMILES string of the molecule is Cn1cc(-c2nc(N[C@@H]3CCCC[C@@H]3N(C(=O)O)C(C)(C)C)cc3c2C(=O)NC3)cn1. The third-order valence-corrected chi connectivity index (χ3v) is 6.07. The van der Waals surface area contributed by atoms with Gasteiger partial charge in [0.15, 0.2) is 0 Å². The zero-order chi connectivity index (χ0) is 22.3. The second-order valence-electron chi connectivity index (χ2n) is 9.40. The number of anilines is 1. The number of hydrogen-bond acceptors (Lipinski definition) is 5. The van der Waals surface area contributed by atoms with Crippen LogP contribution in [0.3, 0.4) is 0 Å².